The van der Waals surface area contributed by atoms with Crippen LogP contribution in [0.5, 0.6) is 0 Å². The van der Waals surface area contributed by atoms with Gasteiger partial charge in [-0.05, 0) is 42.3 Å². The van der Waals surface area contributed by atoms with Crippen LogP contribution in [0.15, 0.2) is 23.7 Å². The van der Waals surface area contributed by atoms with Crippen molar-refractivity contribution in [2.75, 3.05) is 0 Å². The SMILES string of the molecule is CCc1ccsc1C(Cc1ccn(C2CCCC2)n1)NN. The topological polar surface area (TPSA) is 55.9 Å². The highest BCUT2D eigenvalue weighted by Crippen LogP contribution is 2.30. The smallest absolute Gasteiger partial charge is 0.0644 e. The fourth-order valence-electron chi connectivity index (χ4n) is 3.24. The Morgan fingerprint density at radius 3 is 2.95 bits per heavy atom. The summed E-state index contributed by atoms with van der Waals surface area (Å²) in [5.41, 5.74) is 5.48. The van der Waals surface area contributed by atoms with Crippen molar-refractivity contribution in [3.63, 3.8) is 0 Å². The number of aryl methyl sites for hydroxylation is 1. The van der Waals surface area contributed by atoms with E-state index in [1.165, 1.54) is 36.1 Å². The number of aromatic nitrogens is 2. The zero-order chi connectivity index (χ0) is 14.7. The van der Waals surface area contributed by atoms with Crippen molar-refractivity contribution in [3.8, 4) is 0 Å². The van der Waals surface area contributed by atoms with Crippen molar-refractivity contribution in [2.45, 2.75) is 57.5 Å². The van der Waals surface area contributed by atoms with Crippen LogP contribution in [0.25, 0.3) is 0 Å². The molecule has 1 atom stereocenters. The maximum Gasteiger partial charge on any atom is 0.0644 e. The van der Waals surface area contributed by atoms with E-state index in [2.05, 4.69) is 40.7 Å². The van der Waals surface area contributed by atoms with Crippen LogP contribution in [0.1, 0.15) is 60.8 Å². The third-order valence-corrected chi connectivity index (χ3v) is 5.53. The van der Waals surface area contributed by atoms with E-state index in [1.54, 1.807) is 11.3 Å². The molecule has 1 aliphatic carbocycles. The van der Waals surface area contributed by atoms with Gasteiger partial charge in [0.2, 0.25) is 0 Å². The molecule has 21 heavy (non-hydrogen) atoms. The van der Waals surface area contributed by atoms with E-state index in [1.807, 2.05) is 0 Å². The Balaban J connectivity index is 1.72. The molecule has 2 aromatic rings. The van der Waals surface area contributed by atoms with Gasteiger partial charge in [-0.2, -0.15) is 5.10 Å². The van der Waals surface area contributed by atoms with Crippen LogP contribution in [0.3, 0.4) is 0 Å². The second-order valence-electron chi connectivity index (χ2n) is 5.81. The lowest BCUT2D eigenvalue weighted by Gasteiger charge is -2.15. The molecule has 2 heterocycles. The van der Waals surface area contributed by atoms with Gasteiger partial charge in [0.1, 0.15) is 0 Å². The average molecular weight is 304 g/mol. The largest absolute Gasteiger partial charge is 0.271 e. The lowest BCUT2D eigenvalue weighted by Crippen LogP contribution is -2.29. The summed E-state index contributed by atoms with van der Waals surface area (Å²) in [6.07, 6.45) is 9.24. The zero-order valence-corrected chi connectivity index (χ0v) is 13.4. The predicted molar refractivity (Wildman–Crippen MR) is 87.2 cm³/mol. The Bertz CT molecular complexity index is 568. The highest BCUT2D eigenvalue weighted by Gasteiger charge is 2.20. The maximum atomic E-state index is 5.79. The molecule has 3 N–H and O–H groups in total. The number of nitrogens with two attached hydrogens (primary N) is 1. The molecular formula is C16H24N4S. The van der Waals surface area contributed by atoms with Crippen molar-refractivity contribution < 1.29 is 0 Å². The number of hydrogen-bond acceptors (Lipinski definition) is 4. The minimum absolute atomic E-state index is 0.159. The van der Waals surface area contributed by atoms with E-state index in [0.717, 1.165) is 18.5 Å². The predicted octanol–water partition coefficient (Wildman–Crippen LogP) is 3.37. The standard InChI is InChI=1S/C16H24N4S/c1-2-12-8-10-21-16(12)15(18-17)11-13-7-9-20(19-13)14-5-3-4-6-14/h7-10,14-15,18H,2-6,11,17H2,1H3. The Labute approximate surface area is 130 Å². The van der Waals surface area contributed by atoms with Crippen LogP contribution in [-0.4, -0.2) is 9.78 Å². The van der Waals surface area contributed by atoms with Gasteiger partial charge in [0.25, 0.3) is 0 Å². The summed E-state index contributed by atoms with van der Waals surface area (Å²) >= 11 is 1.78. The summed E-state index contributed by atoms with van der Waals surface area (Å²) in [6, 6.07) is 5.10. The highest BCUT2D eigenvalue weighted by atomic mass is 32.1. The van der Waals surface area contributed by atoms with Crippen LogP contribution in [-0.2, 0) is 12.8 Å². The first-order valence-corrected chi connectivity index (χ1v) is 8.76. The van der Waals surface area contributed by atoms with Crippen molar-refractivity contribution in [3.05, 3.63) is 39.8 Å². The molecule has 2 aromatic heterocycles. The summed E-state index contributed by atoms with van der Waals surface area (Å²) in [5.74, 6) is 5.79. The Hall–Kier alpha value is -1.17. The minimum Gasteiger partial charge on any atom is -0.271 e. The highest BCUT2D eigenvalue weighted by molar-refractivity contribution is 7.10. The molecule has 1 unspecified atom stereocenters. The van der Waals surface area contributed by atoms with Gasteiger partial charge in [0, 0.05) is 17.5 Å². The van der Waals surface area contributed by atoms with Crippen LogP contribution < -0.4 is 11.3 Å². The molecule has 0 amide bonds. The lowest BCUT2D eigenvalue weighted by molar-refractivity contribution is 0.457. The molecule has 5 heteroatoms. The van der Waals surface area contributed by atoms with Gasteiger partial charge in [0.15, 0.2) is 0 Å². The van der Waals surface area contributed by atoms with Crippen molar-refractivity contribution in [2.24, 2.45) is 5.84 Å². The molecule has 0 aromatic carbocycles. The molecule has 0 bridgehead atoms. The molecule has 0 saturated heterocycles. The fourth-order valence-corrected chi connectivity index (χ4v) is 4.30. The molecule has 0 aliphatic heterocycles. The number of nitrogens with one attached hydrogen (secondary N) is 1. The molecule has 0 spiro atoms. The number of hydrazine groups is 1. The van der Waals surface area contributed by atoms with Gasteiger partial charge in [0.05, 0.1) is 17.8 Å². The van der Waals surface area contributed by atoms with Crippen molar-refractivity contribution in [1.82, 2.24) is 15.2 Å². The summed E-state index contributed by atoms with van der Waals surface area (Å²) < 4.78 is 2.16. The molecule has 1 saturated carbocycles. The second-order valence-corrected chi connectivity index (χ2v) is 6.76. The third kappa shape index (κ3) is 3.20. The molecular weight excluding hydrogens is 280 g/mol. The van der Waals surface area contributed by atoms with Gasteiger partial charge in [-0.15, -0.1) is 11.3 Å². The number of hydrogen-bond donors (Lipinski definition) is 2. The van der Waals surface area contributed by atoms with Crippen molar-refractivity contribution in [1.29, 1.82) is 0 Å². The van der Waals surface area contributed by atoms with Gasteiger partial charge in [-0.1, -0.05) is 19.8 Å². The Morgan fingerprint density at radius 2 is 2.24 bits per heavy atom. The molecule has 4 nitrogen and oxygen atoms in total. The average Bonchev–Trinajstić information content (AvgIpc) is 3.23. The van der Waals surface area contributed by atoms with Crippen LogP contribution in [0.4, 0.5) is 0 Å². The van der Waals surface area contributed by atoms with E-state index in [9.17, 15) is 0 Å². The molecule has 0 radical (unpaired) electrons. The van der Waals surface area contributed by atoms with E-state index in [4.69, 9.17) is 10.9 Å². The maximum absolute atomic E-state index is 5.79. The molecule has 3 rings (SSSR count). The first-order valence-electron chi connectivity index (χ1n) is 7.88. The molecule has 114 valence electrons. The second kappa shape index (κ2) is 6.73. The minimum atomic E-state index is 0.159. The summed E-state index contributed by atoms with van der Waals surface area (Å²) in [6.45, 7) is 2.19. The van der Waals surface area contributed by atoms with Crippen molar-refractivity contribution >= 4 is 11.3 Å². The number of thiophene rings is 1. The Morgan fingerprint density at radius 1 is 1.43 bits per heavy atom. The van der Waals surface area contributed by atoms with E-state index >= 15 is 0 Å². The Kier molecular flexibility index (Phi) is 4.73. The summed E-state index contributed by atoms with van der Waals surface area (Å²) in [4.78, 5) is 1.34. The molecule has 1 aliphatic rings. The quantitative estimate of drug-likeness (QED) is 0.635. The van der Waals surface area contributed by atoms with E-state index in [0.29, 0.717) is 6.04 Å². The van der Waals surface area contributed by atoms with E-state index in [-0.39, 0.29) is 6.04 Å². The van der Waals surface area contributed by atoms with Gasteiger partial charge < -0.3 is 0 Å². The monoisotopic (exact) mass is 304 g/mol. The first-order chi connectivity index (χ1) is 10.3. The van der Waals surface area contributed by atoms with Gasteiger partial charge in [-0.3, -0.25) is 16.0 Å². The van der Waals surface area contributed by atoms with Gasteiger partial charge in [-0.25, -0.2) is 0 Å². The van der Waals surface area contributed by atoms with Gasteiger partial charge >= 0.3 is 0 Å². The number of nitrogens with zero attached hydrogens (tertiary/aromatic N) is 2. The normalized spacial score (nSPS) is 17.4. The zero-order valence-electron chi connectivity index (χ0n) is 12.6. The van der Waals surface area contributed by atoms with Crippen LogP contribution in [0.2, 0.25) is 0 Å². The van der Waals surface area contributed by atoms with E-state index < -0.39 is 0 Å². The lowest BCUT2D eigenvalue weighted by atomic mass is 10.1. The fraction of sp³-hybridized carbons (Fsp3) is 0.562. The van der Waals surface area contributed by atoms with Crippen LogP contribution >= 0.6 is 11.3 Å². The first kappa shape index (κ1) is 14.8. The van der Waals surface area contributed by atoms with Crippen LogP contribution in [0, 0.1) is 0 Å². The third-order valence-electron chi connectivity index (χ3n) is 4.45. The molecule has 1 fully saturated rings. The summed E-state index contributed by atoms with van der Waals surface area (Å²) in [5, 5.41) is 6.92. The summed E-state index contributed by atoms with van der Waals surface area (Å²) in [7, 11) is 0. The number of rotatable bonds is 6.